The lowest BCUT2D eigenvalue weighted by Gasteiger charge is -2.19. The summed E-state index contributed by atoms with van der Waals surface area (Å²) in [6.45, 7) is 3.89. The van der Waals surface area contributed by atoms with E-state index >= 15 is 0 Å². The topological polar surface area (TPSA) is 29.5 Å². The number of aryl methyl sites for hydroxylation is 2. The minimum atomic E-state index is -0.529. The summed E-state index contributed by atoms with van der Waals surface area (Å²) in [6, 6.07) is 3.86. The smallest absolute Gasteiger partial charge is 0.320 e. The van der Waals surface area contributed by atoms with Crippen LogP contribution in [0, 0.1) is 13.8 Å². The molecule has 0 aliphatic rings. The molecule has 0 N–H and O–H groups in total. The van der Waals surface area contributed by atoms with Gasteiger partial charge in [0.15, 0.2) is 0 Å². The van der Waals surface area contributed by atoms with Gasteiger partial charge in [0.2, 0.25) is 0 Å². The van der Waals surface area contributed by atoms with E-state index in [9.17, 15) is 4.79 Å². The molecule has 0 fully saturated rings. The molecule has 4 heteroatoms. The van der Waals surface area contributed by atoms with Gasteiger partial charge in [0.1, 0.15) is 5.75 Å². The Balaban J connectivity index is 3.32. The van der Waals surface area contributed by atoms with Gasteiger partial charge in [-0.1, -0.05) is 6.07 Å². The number of halogens is 1. The number of methoxy groups -OCH3 is 1. The molecule has 0 heterocycles. The average molecular weight is 228 g/mol. The molecule has 1 amide bonds. The number of anilines is 1. The fourth-order valence-electron chi connectivity index (χ4n) is 1.54. The highest BCUT2D eigenvalue weighted by Crippen LogP contribution is 2.32. The lowest BCUT2D eigenvalue weighted by atomic mass is 10.1. The molecular weight excluding hydrogens is 214 g/mol. The molecule has 0 unspecified atom stereocenters. The van der Waals surface area contributed by atoms with Crippen molar-refractivity contribution in [3.63, 3.8) is 0 Å². The Hall–Kier alpha value is -1.22. The fraction of sp³-hybridized carbons (Fsp3) is 0.364. The second kappa shape index (κ2) is 4.53. The van der Waals surface area contributed by atoms with E-state index < -0.39 is 5.37 Å². The summed E-state index contributed by atoms with van der Waals surface area (Å²) < 4.78 is 5.25. The highest BCUT2D eigenvalue weighted by molar-refractivity contribution is 6.66. The summed E-state index contributed by atoms with van der Waals surface area (Å²) in [5.41, 5.74) is 2.74. The van der Waals surface area contributed by atoms with Gasteiger partial charge in [-0.25, -0.2) is 0 Å². The van der Waals surface area contributed by atoms with Crippen LogP contribution >= 0.6 is 11.6 Å². The summed E-state index contributed by atoms with van der Waals surface area (Å²) in [5.74, 6) is 0.678. The van der Waals surface area contributed by atoms with Gasteiger partial charge in [-0.3, -0.25) is 9.69 Å². The van der Waals surface area contributed by atoms with Crippen molar-refractivity contribution in [3.8, 4) is 5.75 Å². The maximum Gasteiger partial charge on any atom is 0.320 e. The van der Waals surface area contributed by atoms with Crippen molar-refractivity contribution in [3.05, 3.63) is 23.3 Å². The molecule has 0 saturated carbocycles. The van der Waals surface area contributed by atoms with Crippen LogP contribution in [-0.4, -0.2) is 19.5 Å². The van der Waals surface area contributed by atoms with Crippen molar-refractivity contribution in [2.75, 3.05) is 19.1 Å². The lowest BCUT2D eigenvalue weighted by molar-refractivity contribution is 0.265. The molecule has 1 rings (SSSR count). The predicted molar refractivity (Wildman–Crippen MR) is 62.1 cm³/mol. The number of hydrogen-bond donors (Lipinski definition) is 0. The SMILES string of the molecule is COc1c(C)cc(C)cc1N(C)C(=O)Cl. The molecular formula is C11H14ClNO2. The van der Waals surface area contributed by atoms with Crippen LogP contribution < -0.4 is 9.64 Å². The van der Waals surface area contributed by atoms with Crippen LogP contribution in [-0.2, 0) is 0 Å². The molecule has 1 aromatic carbocycles. The first-order valence-corrected chi connectivity index (χ1v) is 4.93. The average Bonchev–Trinajstić information content (AvgIpc) is 2.15. The van der Waals surface area contributed by atoms with E-state index in [2.05, 4.69) is 0 Å². The van der Waals surface area contributed by atoms with Crippen molar-refractivity contribution in [1.29, 1.82) is 0 Å². The van der Waals surface area contributed by atoms with E-state index in [0.717, 1.165) is 11.1 Å². The summed E-state index contributed by atoms with van der Waals surface area (Å²) in [7, 11) is 3.19. The van der Waals surface area contributed by atoms with Gasteiger partial charge < -0.3 is 4.74 Å². The Kier molecular flexibility index (Phi) is 3.58. The molecule has 0 aliphatic carbocycles. The zero-order valence-electron chi connectivity index (χ0n) is 9.30. The number of ether oxygens (including phenoxy) is 1. The van der Waals surface area contributed by atoms with Gasteiger partial charge in [0, 0.05) is 7.05 Å². The standard InChI is InChI=1S/C11H14ClNO2/c1-7-5-8(2)10(15-4)9(6-7)13(3)11(12)14/h5-6H,1-4H3. The predicted octanol–water partition coefficient (Wildman–Crippen LogP) is 3.11. The highest BCUT2D eigenvalue weighted by atomic mass is 35.5. The molecule has 82 valence electrons. The Labute approximate surface area is 94.6 Å². The first-order chi connectivity index (χ1) is 6.97. The van der Waals surface area contributed by atoms with E-state index in [0.29, 0.717) is 11.4 Å². The molecule has 0 aromatic heterocycles. The zero-order valence-corrected chi connectivity index (χ0v) is 10.1. The van der Waals surface area contributed by atoms with Crippen molar-refractivity contribution >= 4 is 22.7 Å². The third-order valence-corrected chi connectivity index (χ3v) is 2.48. The Morgan fingerprint density at radius 1 is 1.40 bits per heavy atom. The van der Waals surface area contributed by atoms with Gasteiger partial charge in [0.25, 0.3) is 0 Å². The zero-order chi connectivity index (χ0) is 11.6. The van der Waals surface area contributed by atoms with Crippen molar-refractivity contribution in [2.45, 2.75) is 13.8 Å². The molecule has 1 aromatic rings. The molecule has 0 radical (unpaired) electrons. The van der Waals surface area contributed by atoms with Crippen LogP contribution in [0.2, 0.25) is 0 Å². The summed E-state index contributed by atoms with van der Waals surface area (Å²) in [6.07, 6.45) is 0. The molecule has 3 nitrogen and oxygen atoms in total. The lowest BCUT2D eigenvalue weighted by Crippen LogP contribution is -2.20. The summed E-state index contributed by atoms with van der Waals surface area (Å²) in [4.78, 5) is 12.4. The second-order valence-electron chi connectivity index (χ2n) is 3.45. The number of nitrogens with zero attached hydrogens (tertiary/aromatic N) is 1. The fourth-order valence-corrected chi connectivity index (χ4v) is 1.63. The van der Waals surface area contributed by atoms with Crippen molar-refractivity contribution in [2.24, 2.45) is 0 Å². The Bertz CT molecular complexity index is 390. The summed E-state index contributed by atoms with van der Waals surface area (Å²) in [5, 5.41) is -0.529. The van der Waals surface area contributed by atoms with Gasteiger partial charge in [-0.05, 0) is 42.6 Å². The molecule has 0 atom stereocenters. The first-order valence-electron chi connectivity index (χ1n) is 4.55. The van der Waals surface area contributed by atoms with Gasteiger partial charge in [-0.2, -0.15) is 0 Å². The van der Waals surface area contributed by atoms with Crippen LogP contribution in [0.15, 0.2) is 12.1 Å². The third-order valence-electron chi connectivity index (χ3n) is 2.23. The normalized spacial score (nSPS) is 9.93. The Morgan fingerprint density at radius 2 is 2.00 bits per heavy atom. The molecule has 0 saturated heterocycles. The maximum absolute atomic E-state index is 11.1. The van der Waals surface area contributed by atoms with Crippen LogP contribution in [0.4, 0.5) is 10.5 Å². The second-order valence-corrected chi connectivity index (χ2v) is 3.77. The first kappa shape index (κ1) is 11.9. The number of rotatable bonds is 2. The quantitative estimate of drug-likeness (QED) is 0.574. The van der Waals surface area contributed by atoms with Gasteiger partial charge in [-0.15, -0.1) is 0 Å². The molecule has 15 heavy (non-hydrogen) atoms. The van der Waals surface area contributed by atoms with Crippen LogP contribution in [0.3, 0.4) is 0 Å². The van der Waals surface area contributed by atoms with E-state index in [1.165, 1.54) is 4.90 Å². The van der Waals surface area contributed by atoms with E-state index in [-0.39, 0.29) is 0 Å². The number of amides is 1. The van der Waals surface area contributed by atoms with Crippen molar-refractivity contribution < 1.29 is 9.53 Å². The van der Waals surface area contributed by atoms with E-state index in [4.69, 9.17) is 16.3 Å². The van der Waals surface area contributed by atoms with E-state index in [1.807, 2.05) is 26.0 Å². The third kappa shape index (κ3) is 2.42. The Morgan fingerprint density at radius 3 is 2.47 bits per heavy atom. The number of carbonyl (C=O) groups excluding carboxylic acids is 1. The highest BCUT2D eigenvalue weighted by Gasteiger charge is 2.15. The van der Waals surface area contributed by atoms with Gasteiger partial charge >= 0.3 is 5.37 Å². The number of carbonyl (C=O) groups is 1. The minimum Gasteiger partial charge on any atom is -0.494 e. The van der Waals surface area contributed by atoms with E-state index in [1.54, 1.807) is 14.2 Å². The van der Waals surface area contributed by atoms with Crippen LogP contribution in [0.5, 0.6) is 5.75 Å². The number of benzene rings is 1. The maximum atomic E-state index is 11.1. The van der Waals surface area contributed by atoms with Crippen LogP contribution in [0.25, 0.3) is 0 Å². The molecule has 0 bridgehead atoms. The molecule has 0 aliphatic heterocycles. The molecule has 0 spiro atoms. The summed E-state index contributed by atoms with van der Waals surface area (Å²) >= 11 is 5.43. The monoisotopic (exact) mass is 227 g/mol. The van der Waals surface area contributed by atoms with Crippen LogP contribution in [0.1, 0.15) is 11.1 Å². The minimum absolute atomic E-state index is 0.529. The van der Waals surface area contributed by atoms with Gasteiger partial charge in [0.05, 0.1) is 12.8 Å². The number of hydrogen-bond acceptors (Lipinski definition) is 2. The van der Waals surface area contributed by atoms with Crippen molar-refractivity contribution in [1.82, 2.24) is 0 Å². The largest absolute Gasteiger partial charge is 0.494 e.